The summed E-state index contributed by atoms with van der Waals surface area (Å²) in [4.78, 5) is 25.7. The van der Waals surface area contributed by atoms with E-state index in [1.54, 1.807) is 30.1 Å². The van der Waals surface area contributed by atoms with Crippen LogP contribution in [0.25, 0.3) is 0 Å². The molecule has 150 valence electrons. The lowest BCUT2D eigenvalue weighted by Gasteiger charge is -2.25. The molecule has 2 N–H and O–H groups in total. The van der Waals surface area contributed by atoms with E-state index in [1.807, 2.05) is 6.92 Å². The Morgan fingerprint density at radius 3 is 2.43 bits per heavy atom. The third kappa shape index (κ3) is 6.15. The second kappa shape index (κ2) is 9.82. The van der Waals surface area contributed by atoms with Crippen molar-refractivity contribution in [1.29, 1.82) is 0 Å². The summed E-state index contributed by atoms with van der Waals surface area (Å²) < 4.78 is 26.0. The molecular formula is C19H19Cl2F2N3O2. The van der Waals surface area contributed by atoms with Gasteiger partial charge in [-0.05, 0) is 43.8 Å². The molecule has 2 rings (SSSR count). The SMILES string of the molecule is CC(c1ccc(Cl)cc1Cl)N(C)CC(=O)NCC(=O)Nc1ccc(F)c(F)c1. The summed E-state index contributed by atoms with van der Waals surface area (Å²) in [5.41, 5.74) is 0.915. The van der Waals surface area contributed by atoms with Crippen molar-refractivity contribution < 1.29 is 18.4 Å². The fraction of sp³-hybridized carbons (Fsp3) is 0.263. The predicted molar refractivity (Wildman–Crippen MR) is 106 cm³/mol. The van der Waals surface area contributed by atoms with Gasteiger partial charge in [0.25, 0.3) is 0 Å². The Labute approximate surface area is 171 Å². The van der Waals surface area contributed by atoms with Crippen LogP contribution in [0.4, 0.5) is 14.5 Å². The molecule has 5 nitrogen and oxygen atoms in total. The maximum absolute atomic E-state index is 13.1. The highest BCUT2D eigenvalue weighted by Gasteiger charge is 2.18. The average molecular weight is 430 g/mol. The first kappa shape index (κ1) is 22.1. The number of anilines is 1. The quantitative estimate of drug-likeness (QED) is 0.698. The smallest absolute Gasteiger partial charge is 0.243 e. The van der Waals surface area contributed by atoms with Gasteiger partial charge in [0.15, 0.2) is 11.6 Å². The molecule has 0 aliphatic carbocycles. The fourth-order valence-corrected chi connectivity index (χ4v) is 3.02. The van der Waals surface area contributed by atoms with Gasteiger partial charge in [0.2, 0.25) is 11.8 Å². The molecule has 0 aromatic heterocycles. The van der Waals surface area contributed by atoms with Crippen LogP contribution in [-0.2, 0) is 9.59 Å². The molecule has 0 aliphatic heterocycles. The normalized spacial score (nSPS) is 12.0. The van der Waals surface area contributed by atoms with Crippen molar-refractivity contribution in [2.24, 2.45) is 0 Å². The number of benzene rings is 2. The molecule has 2 aromatic carbocycles. The molecule has 0 radical (unpaired) electrons. The molecular weight excluding hydrogens is 411 g/mol. The standard InChI is InChI=1S/C19H19Cl2F2N3O2/c1-11(14-5-3-12(20)7-15(14)21)26(2)10-19(28)24-9-18(27)25-13-4-6-16(22)17(23)8-13/h3-8,11H,9-10H2,1-2H3,(H,24,28)(H,25,27). The molecule has 1 atom stereocenters. The summed E-state index contributed by atoms with van der Waals surface area (Å²) in [7, 11) is 1.75. The molecule has 28 heavy (non-hydrogen) atoms. The average Bonchev–Trinajstić information content (AvgIpc) is 2.62. The lowest BCUT2D eigenvalue weighted by Crippen LogP contribution is -2.40. The largest absolute Gasteiger partial charge is 0.346 e. The first-order chi connectivity index (χ1) is 13.2. The number of nitrogens with zero attached hydrogens (tertiary/aromatic N) is 1. The maximum Gasteiger partial charge on any atom is 0.243 e. The van der Waals surface area contributed by atoms with E-state index >= 15 is 0 Å². The number of carbonyl (C=O) groups excluding carboxylic acids is 2. The van der Waals surface area contributed by atoms with E-state index in [2.05, 4.69) is 10.6 Å². The van der Waals surface area contributed by atoms with Gasteiger partial charge in [-0.1, -0.05) is 29.3 Å². The summed E-state index contributed by atoms with van der Waals surface area (Å²) in [6.07, 6.45) is 0. The van der Waals surface area contributed by atoms with E-state index in [4.69, 9.17) is 23.2 Å². The second-order valence-corrected chi connectivity index (χ2v) is 7.05. The monoisotopic (exact) mass is 429 g/mol. The minimum atomic E-state index is -1.07. The molecule has 0 saturated carbocycles. The first-order valence-electron chi connectivity index (χ1n) is 8.34. The van der Waals surface area contributed by atoms with Crippen molar-refractivity contribution in [3.05, 3.63) is 63.6 Å². The van der Waals surface area contributed by atoms with Crippen molar-refractivity contribution in [3.8, 4) is 0 Å². The zero-order chi connectivity index (χ0) is 20.8. The van der Waals surface area contributed by atoms with Crippen LogP contribution >= 0.6 is 23.2 Å². The Hall–Kier alpha value is -2.22. The van der Waals surface area contributed by atoms with Crippen LogP contribution in [0.15, 0.2) is 36.4 Å². The molecule has 0 fully saturated rings. The van der Waals surface area contributed by atoms with Crippen LogP contribution in [-0.4, -0.2) is 36.9 Å². The van der Waals surface area contributed by atoms with Gasteiger partial charge in [0, 0.05) is 27.8 Å². The number of hydrogen-bond donors (Lipinski definition) is 2. The third-order valence-electron chi connectivity index (χ3n) is 4.12. The second-order valence-electron chi connectivity index (χ2n) is 6.21. The van der Waals surface area contributed by atoms with E-state index in [0.717, 1.165) is 17.7 Å². The highest BCUT2D eigenvalue weighted by atomic mass is 35.5. The molecule has 0 heterocycles. The molecule has 2 amide bonds. The predicted octanol–water partition coefficient (Wildman–Crippen LogP) is 4.02. The zero-order valence-corrected chi connectivity index (χ0v) is 16.7. The number of halogens is 4. The van der Waals surface area contributed by atoms with Gasteiger partial charge in [0.1, 0.15) is 0 Å². The van der Waals surface area contributed by atoms with Gasteiger partial charge in [-0.2, -0.15) is 0 Å². The number of carbonyl (C=O) groups is 2. The van der Waals surface area contributed by atoms with E-state index in [-0.39, 0.29) is 30.7 Å². The zero-order valence-electron chi connectivity index (χ0n) is 15.2. The summed E-state index contributed by atoms with van der Waals surface area (Å²) in [5.74, 6) is -3.02. The molecule has 9 heteroatoms. The van der Waals surface area contributed by atoms with Gasteiger partial charge in [0.05, 0.1) is 13.1 Å². The summed E-state index contributed by atoms with van der Waals surface area (Å²) in [6, 6.07) is 7.97. The molecule has 0 spiro atoms. The number of likely N-dealkylation sites (N-methyl/N-ethyl adjacent to an activating group) is 1. The van der Waals surface area contributed by atoms with Gasteiger partial charge < -0.3 is 10.6 Å². The minimum absolute atomic E-state index is 0.0264. The van der Waals surface area contributed by atoms with Crippen molar-refractivity contribution >= 4 is 40.7 Å². The molecule has 2 aromatic rings. The van der Waals surface area contributed by atoms with E-state index in [9.17, 15) is 18.4 Å². The topological polar surface area (TPSA) is 61.4 Å². The Morgan fingerprint density at radius 2 is 1.79 bits per heavy atom. The Balaban J connectivity index is 1.83. The van der Waals surface area contributed by atoms with E-state index in [0.29, 0.717) is 10.0 Å². The van der Waals surface area contributed by atoms with Crippen molar-refractivity contribution in [2.75, 3.05) is 25.5 Å². The van der Waals surface area contributed by atoms with Crippen LogP contribution < -0.4 is 10.6 Å². The third-order valence-corrected chi connectivity index (χ3v) is 4.68. The van der Waals surface area contributed by atoms with Gasteiger partial charge in [-0.15, -0.1) is 0 Å². The highest BCUT2D eigenvalue weighted by molar-refractivity contribution is 6.35. The maximum atomic E-state index is 13.1. The highest BCUT2D eigenvalue weighted by Crippen LogP contribution is 2.28. The summed E-state index contributed by atoms with van der Waals surface area (Å²) in [6.45, 7) is 1.61. The molecule has 0 bridgehead atoms. The van der Waals surface area contributed by atoms with Crippen molar-refractivity contribution in [2.45, 2.75) is 13.0 Å². The number of hydrogen-bond acceptors (Lipinski definition) is 3. The van der Waals surface area contributed by atoms with Crippen LogP contribution in [0.3, 0.4) is 0 Å². The Kier molecular flexibility index (Phi) is 7.74. The van der Waals surface area contributed by atoms with Crippen LogP contribution in [0, 0.1) is 11.6 Å². The molecule has 0 saturated heterocycles. The van der Waals surface area contributed by atoms with Gasteiger partial charge >= 0.3 is 0 Å². The fourth-order valence-electron chi connectivity index (χ4n) is 2.46. The number of rotatable bonds is 7. The van der Waals surface area contributed by atoms with Crippen molar-refractivity contribution in [1.82, 2.24) is 10.2 Å². The van der Waals surface area contributed by atoms with Crippen LogP contribution in [0.5, 0.6) is 0 Å². The van der Waals surface area contributed by atoms with E-state index in [1.165, 1.54) is 6.07 Å². The lowest BCUT2D eigenvalue weighted by atomic mass is 10.1. The van der Waals surface area contributed by atoms with Crippen LogP contribution in [0.1, 0.15) is 18.5 Å². The number of amides is 2. The Morgan fingerprint density at radius 1 is 1.07 bits per heavy atom. The minimum Gasteiger partial charge on any atom is -0.346 e. The van der Waals surface area contributed by atoms with Gasteiger partial charge in [-0.25, -0.2) is 8.78 Å². The van der Waals surface area contributed by atoms with Crippen molar-refractivity contribution in [3.63, 3.8) is 0 Å². The summed E-state index contributed by atoms with van der Waals surface area (Å²) >= 11 is 12.1. The number of nitrogens with one attached hydrogen (secondary N) is 2. The van der Waals surface area contributed by atoms with Crippen LogP contribution in [0.2, 0.25) is 10.0 Å². The van der Waals surface area contributed by atoms with Gasteiger partial charge in [-0.3, -0.25) is 14.5 Å². The molecule has 1 unspecified atom stereocenters. The first-order valence-corrected chi connectivity index (χ1v) is 9.09. The Bertz CT molecular complexity index is 880. The summed E-state index contributed by atoms with van der Waals surface area (Å²) in [5, 5.41) is 5.87. The molecule has 0 aliphatic rings. The lowest BCUT2D eigenvalue weighted by molar-refractivity contribution is -0.125. The van der Waals surface area contributed by atoms with E-state index < -0.39 is 17.5 Å².